The van der Waals surface area contributed by atoms with Crippen LogP contribution in [0.1, 0.15) is 16.1 Å². The molecule has 3 aromatic rings. The predicted molar refractivity (Wildman–Crippen MR) is 88.5 cm³/mol. The van der Waals surface area contributed by atoms with Gasteiger partial charge in [-0.15, -0.1) is 0 Å². The van der Waals surface area contributed by atoms with Crippen molar-refractivity contribution < 1.29 is 26.8 Å². The van der Waals surface area contributed by atoms with Crippen molar-refractivity contribution >= 4 is 23.2 Å². The number of furan rings is 1. The van der Waals surface area contributed by atoms with Crippen LogP contribution >= 0.6 is 11.6 Å². The van der Waals surface area contributed by atoms with Crippen LogP contribution in [0.25, 0.3) is 11.3 Å². The van der Waals surface area contributed by atoms with E-state index in [9.17, 15) is 22.4 Å². The highest BCUT2D eigenvalue weighted by Gasteiger charge is 2.31. The average Bonchev–Trinajstić information content (AvgIpc) is 3.06. The monoisotopic (exact) mass is 383 g/mol. The van der Waals surface area contributed by atoms with Gasteiger partial charge >= 0.3 is 6.18 Å². The van der Waals surface area contributed by atoms with Crippen molar-refractivity contribution in [1.29, 1.82) is 0 Å². The Morgan fingerprint density at radius 2 is 1.77 bits per heavy atom. The van der Waals surface area contributed by atoms with Crippen LogP contribution in [0.2, 0.25) is 5.02 Å². The zero-order chi connectivity index (χ0) is 18.9. The van der Waals surface area contributed by atoms with Gasteiger partial charge in [-0.1, -0.05) is 23.7 Å². The van der Waals surface area contributed by atoms with Crippen molar-refractivity contribution in [2.45, 2.75) is 6.18 Å². The maximum absolute atomic E-state index is 13.8. The van der Waals surface area contributed by atoms with Gasteiger partial charge in [0.15, 0.2) is 5.76 Å². The molecule has 0 atom stereocenters. The van der Waals surface area contributed by atoms with E-state index in [1.54, 1.807) is 6.07 Å². The molecule has 0 saturated heterocycles. The fourth-order valence-electron chi connectivity index (χ4n) is 2.25. The Kier molecular flexibility index (Phi) is 4.73. The Hall–Kier alpha value is -2.80. The normalized spacial score (nSPS) is 11.4. The van der Waals surface area contributed by atoms with Gasteiger partial charge in [0.2, 0.25) is 0 Å². The lowest BCUT2D eigenvalue weighted by Gasteiger charge is -2.11. The fourth-order valence-corrected chi connectivity index (χ4v) is 2.41. The van der Waals surface area contributed by atoms with Gasteiger partial charge in [0.1, 0.15) is 11.6 Å². The van der Waals surface area contributed by atoms with Gasteiger partial charge in [-0.2, -0.15) is 13.2 Å². The molecule has 0 radical (unpaired) electrons. The second kappa shape index (κ2) is 6.84. The standard InChI is InChI=1S/C18H10ClF4NO2/c19-12-6-5-10(18(21,22)23)9-14(12)24-17(25)16-8-7-15(26-16)11-3-1-2-4-13(11)20/h1-9H,(H,24,25). The second-order valence-corrected chi connectivity index (χ2v) is 5.70. The number of halogens is 5. The smallest absolute Gasteiger partial charge is 0.416 e. The maximum Gasteiger partial charge on any atom is 0.416 e. The summed E-state index contributed by atoms with van der Waals surface area (Å²) >= 11 is 5.84. The molecule has 1 amide bonds. The highest BCUT2D eigenvalue weighted by Crippen LogP contribution is 2.34. The molecular formula is C18H10ClF4NO2. The summed E-state index contributed by atoms with van der Waals surface area (Å²) in [6.45, 7) is 0. The van der Waals surface area contributed by atoms with Crippen LogP contribution in [-0.2, 0) is 6.18 Å². The number of amides is 1. The number of carbonyl (C=O) groups is 1. The van der Waals surface area contributed by atoms with Crippen LogP contribution in [-0.4, -0.2) is 5.91 Å². The first kappa shape index (κ1) is 18.0. The highest BCUT2D eigenvalue weighted by molar-refractivity contribution is 6.33. The van der Waals surface area contributed by atoms with E-state index in [-0.39, 0.29) is 27.8 Å². The third kappa shape index (κ3) is 3.72. The largest absolute Gasteiger partial charge is 0.451 e. The zero-order valence-electron chi connectivity index (χ0n) is 12.9. The molecule has 8 heteroatoms. The molecule has 1 heterocycles. The molecule has 0 bridgehead atoms. The summed E-state index contributed by atoms with van der Waals surface area (Å²) in [5.41, 5.74) is -1.01. The molecule has 0 unspecified atom stereocenters. The first-order valence-corrected chi connectivity index (χ1v) is 7.66. The Bertz CT molecular complexity index is 966. The van der Waals surface area contributed by atoms with Gasteiger partial charge in [0.05, 0.1) is 21.8 Å². The lowest BCUT2D eigenvalue weighted by molar-refractivity contribution is -0.137. The molecule has 26 heavy (non-hydrogen) atoms. The van der Waals surface area contributed by atoms with Crippen molar-refractivity contribution in [3.63, 3.8) is 0 Å². The van der Waals surface area contributed by atoms with E-state index >= 15 is 0 Å². The second-order valence-electron chi connectivity index (χ2n) is 5.29. The van der Waals surface area contributed by atoms with Crippen molar-refractivity contribution in [2.75, 3.05) is 5.32 Å². The van der Waals surface area contributed by atoms with Crippen LogP contribution in [0.15, 0.2) is 59.0 Å². The summed E-state index contributed by atoms with van der Waals surface area (Å²) in [6.07, 6.45) is -4.58. The molecule has 2 aromatic carbocycles. The Labute approximate surface area is 150 Å². The molecule has 0 aliphatic carbocycles. The number of benzene rings is 2. The summed E-state index contributed by atoms with van der Waals surface area (Å²) in [5, 5.41) is 2.20. The molecule has 1 aromatic heterocycles. The highest BCUT2D eigenvalue weighted by atomic mass is 35.5. The molecule has 3 nitrogen and oxygen atoms in total. The van der Waals surface area contributed by atoms with Gasteiger partial charge in [-0.3, -0.25) is 4.79 Å². The third-order valence-electron chi connectivity index (χ3n) is 3.51. The van der Waals surface area contributed by atoms with Gasteiger partial charge < -0.3 is 9.73 Å². The maximum atomic E-state index is 13.8. The number of alkyl halides is 3. The number of nitrogens with one attached hydrogen (secondary N) is 1. The molecule has 1 N–H and O–H groups in total. The first-order valence-electron chi connectivity index (χ1n) is 7.28. The van der Waals surface area contributed by atoms with E-state index in [0.29, 0.717) is 0 Å². The summed E-state index contributed by atoms with van der Waals surface area (Å²) < 4.78 is 57.4. The Morgan fingerprint density at radius 3 is 2.46 bits per heavy atom. The van der Waals surface area contributed by atoms with Gasteiger partial charge in [0, 0.05) is 0 Å². The number of anilines is 1. The van der Waals surface area contributed by atoms with E-state index in [1.165, 1.54) is 30.3 Å². The van der Waals surface area contributed by atoms with Crippen molar-refractivity contribution in [3.8, 4) is 11.3 Å². The third-order valence-corrected chi connectivity index (χ3v) is 3.84. The lowest BCUT2D eigenvalue weighted by Crippen LogP contribution is -2.13. The molecule has 0 spiro atoms. The minimum atomic E-state index is -4.58. The molecule has 3 rings (SSSR count). The van der Waals surface area contributed by atoms with E-state index in [2.05, 4.69) is 5.32 Å². The molecule has 134 valence electrons. The fraction of sp³-hybridized carbons (Fsp3) is 0.0556. The van der Waals surface area contributed by atoms with Gasteiger partial charge in [-0.25, -0.2) is 4.39 Å². The molecule has 0 saturated carbocycles. The number of hydrogen-bond donors (Lipinski definition) is 1. The van der Waals surface area contributed by atoms with E-state index in [4.69, 9.17) is 16.0 Å². The molecule has 0 fully saturated rings. The van der Waals surface area contributed by atoms with Crippen LogP contribution in [0.4, 0.5) is 23.2 Å². The lowest BCUT2D eigenvalue weighted by atomic mass is 10.1. The molecule has 0 aliphatic heterocycles. The molecular weight excluding hydrogens is 374 g/mol. The van der Waals surface area contributed by atoms with Crippen LogP contribution in [0.5, 0.6) is 0 Å². The Morgan fingerprint density at radius 1 is 1.04 bits per heavy atom. The van der Waals surface area contributed by atoms with E-state index in [0.717, 1.165) is 18.2 Å². The van der Waals surface area contributed by atoms with Gasteiger partial charge in [-0.05, 0) is 42.5 Å². The average molecular weight is 384 g/mol. The number of rotatable bonds is 3. The van der Waals surface area contributed by atoms with Crippen molar-refractivity contribution in [1.82, 2.24) is 0 Å². The first-order chi connectivity index (χ1) is 12.3. The topological polar surface area (TPSA) is 42.2 Å². The van der Waals surface area contributed by atoms with Crippen LogP contribution in [0.3, 0.4) is 0 Å². The van der Waals surface area contributed by atoms with E-state index < -0.39 is 23.5 Å². The minimum absolute atomic E-state index is 0.0627. The molecule has 0 aliphatic rings. The summed E-state index contributed by atoms with van der Waals surface area (Å²) in [7, 11) is 0. The minimum Gasteiger partial charge on any atom is -0.451 e. The van der Waals surface area contributed by atoms with Gasteiger partial charge in [0.25, 0.3) is 5.91 Å². The predicted octanol–water partition coefficient (Wildman–Crippen LogP) is 6.01. The zero-order valence-corrected chi connectivity index (χ0v) is 13.7. The summed E-state index contributed by atoms with van der Waals surface area (Å²) in [4.78, 5) is 12.2. The SMILES string of the molecule is O=C(Nc1cc(C(F)(F)F)ccc1Cl)c1ccc(-c2ccccc2F)o1. The summed E-state index contributed by atoms with van der Waals surface area (Å²) in [6, 6.07) is 11.1. The quantitative estimate of drug-likeness (QED) is 0.563. The van der Waals surface area contributed by atoms with Crippen molar-refractivity contribution in [2.24, 2.45) is 0 Å². The number of hydrogen-bond acceptors (Lipinski definition) is 2. The van der Waals surface area contributed by atoms with Crippen LogP contribution in [0, 0.1) is 5.82 Å². The van der Waals surface area contributed by atoms with Crippen LogP contribution < -0.4 is 5.32 Å². The van der Waals surface area contributed by atoms with E-state index in [1.807, 2.05) is 0 Å². The Balaban J connectivity index is 1.85. The van der Waals surface area contributed by atoms with Crippen molar-refractivity contribution in [3.05, 3.63) is 76.8 Å². The summed E-state index contributed by atoms with van der Waals surface area (Å²) in [5.74, 6) is -1.43. The number of carbonyl (C=O) groups excluding carboxylic acids is 1.